The van der Waals surface area contributed by atoms with Gasteiger partial charge in [0.15, 0.2) is 11.0 Å². The molecule has 176 valence electrons. The number of amides is 1. The van der Waals surface area contributed by atoms with Crippen molar-refractivity contribution in [1.82, 2.24) is 10.4 Å². The molecular weight excluding hydrogens is 432 g/mol. The van der Waals surface area contributed by atoms with Crippen molar-refractivity contribution < 1.29 is 14.5 Å². The van der Waals surface area contributed by atoms with Crippen LogP contribution in [-0.4, -0.2) is 22.9 Å². The number of imidazole rings is 1. The molecule has 0 bridgehead atoms. The second kappa shape index (κ2) is 9.59. The highest BCUT2D eigenvalue weighted by Crippen LogP contribution is 2.37. The van der Waals surface area contributed by atoms with Gasteiger partial charge in [0.1, 0.15) is 0 Å². The second-order valence-electron chi connectivity index (χ2n) is 10.2. The van der Waals surface area contributed by atoms with Crippen molar-refractivity contribution >= 4 is 34.9 Å². The van der Waals surface area contributed by atoms with Crippen LogP contribution in [0.4, 0.5) is 0 Å². The number of rotatable bonds is 6. The van der Waals surface area contributed by atoms with E-state index in [1.54, 1.807) is 6.21 Å². The Morgan fingerprint density at radius 1 is 1.12 bits per heavy atom. The first kappa shape index (κ1) is 24.8. The Labute approximate surface area is 200 Å². The molecule has 0 saturated heterocycles. The Morgan fingerprint density at radius 2 is 1.73 bits per heavy atom. The van der Waals surface area contributed by atoms with E-state index in [1.807, 2.05) is 71.9 Å². The van der Waals surface area contributed by atoms with E-state index in [4.69, 9.17) is 0 Å². The molecule has 0 aliphatic heterocycles. The minimum Gasteiger partial charge on any atom is -0.872 e. The van der Waals surface area contributed by atoms with Crippen molar-refractivity contribution in [2.45, 2.75) is 71.0 Å². The lowest BCUT2D eigenvalue weighted by Crippen LogP contribution is -2.34. The molecule has 0 aliphatic rings. The molecule has 3 aromatic rings. The molecule has 1 aromatic heterocycles. The minimum absolute atomic E-state index is 0.0788. The van der Waals surface area contributed by atoms with E-state index in [0.717, 1.165) is 39.4 Å². The van der Waals surface area contributed by atoms with Crippen LogP contribution in [-0.2, 0) is 22.2 Å². The van der Waals surface area contributed by atoms with Gasteiger partial charge in [-0.2, -0.15) is 5.10 Å². The molecule has 2 aromatic carbocycles. The van der Waals surface area contributed by atoms with Gasteiger partial charge in [0, 0.05) is 0 Å². The number of hydrazone groups is 1. The van der Waals surface area contributed by atoms with E-state index in [0.29, 0.717) is 0 Å². The van der Waals surface area contributed by atoms with Crippen LogP contribution in [0, 0.1) is 0 Å². The highest BCUT2D eigenvalue weighted by atomic mass is 32.2. The van der Waals surface area contributed by atoms with Crippen LogP contribution in [0.2, 0.25) is 0 Å². The number of nitrogens with one attached hydrogen (secondary N) is 2. The largest absolute Gasteiger partial charge is 0.872 e. The van der Waals surface area contributed by atoms with Crippen molar-refractivity contribution in [2.75, 3.05) is 5.75 Å². The molecule has 0 atom stereocenters. The lowest BCUT2D eigenvalue weighted by molar-refractivity contribution is -0.705. The van der Waals surface area contributed by atoms with E-state index in [-0.39, 0.29) is 28.2 Å². The summed E-state index contributed by atoms with van der Waals surface area (Å²) in [6.45, 7) is 15.1. The Bertz CT molecular complexity index is 1150. The number of hydrogen-bond acceptors (Lipinski definition) is 4. The number of hydrogen-bond donors (Lipinski definition) is 2. The Morgan fingerprint density at radius 3 is 2.30 bits per heavy atom. The van der Waals surface area contributed by atoms with E-state index in [1.165, 1.54) is 11.8 Å². The number of benzene rings is 2. The average Bonchev–Trinajstić information content (AvgIpc) is 3.09. The third-order valence-electron chi connectivity index (χ3n) is 5.47. The molecule has 7 heteroatoms. The van der Waals surface area contributed by atoms with Gasteiger partial charge < -0.3 is 5.11 Å². The van der Waals surface area contributed by atoms with Gasteiger partial charge in [0.2, 0.25) is 0 Å². The van der Waals surface area contributed by atoms with Crippen LogP contribution in [0.15, 0.2) is 46.7 Å². The van der Waals surface area contributed by atoms with Gasteiger partial charge in [0.05, 0.1) is 18.5 Å². The molecule has 0 aliphatic carbocycles. The predicted molar refractivity (Wildman–Crippen MR) is 134 cm³/mol. The molecule has 3 rings (SSSR count). The molecule has 0 radical (unpaired) electrons. The zero-order valence-corrected chi connectivity index (χ0v) is 21.4. The van der Waals surface area contributed by atoms with Gasteiger partial charge in [0.25, 0.3) is 5.91 Å². The van der Waals surface area contributed by atoms with Crippen LogP contribution in [0.25, 0.3) is 11.0 Å². The first-order valence-electron chi connectivity index (χ1n) is 11.2. The molecule has 1 amide bonds. The molecule has 6 nitrogen and oxygen atoms in total. The summed E-state index contributed by atoms with van der Waals surface area (Å²) in [6, 6.07) is 11.8. The van der Waals surface area contributed by atoms with E-state index < -0.39 is 0 Å². The molecule has 0 spiro atoms. The van der Waals surface area contributed by atoms with Crippen LogP contribution >= 0.6 is 11.8 Å². The number of fused-ring (bicyclic) bond motifs is 1. The van der Waals surface area contributed by atoms with Gasteiger partial charge in [-0.15, -0.1) is 5.75 Å². The Balaban J connectivity index is 1.72. The van der Waals surface area contributed by atoms with Gasteiger partial charge in [-0.3, -0.25) is 4.79 Å². The van der Waals surface area contributed by atoms with Crippen molar-refractivity contribution in [2.24, 2.45) is 5.10 Å². The summed E-state index contributed by atoms with van der Waals surface area (Å²) in [5.41, 5.74) is 6.52. The SMILES string of the molecule is CC[n+]1c(SCC(=O)NN=Cc2cc(C(C)(C)C)c([O-])c(C(C)(C)C)c2)[nH]c2ccccc21. The minimum atomic E-state index is -0.283. The first-order chi connectivity index (χ1) is 15.4. The number of H-pyrrole nitrogens is 1. The number of aromatic amines is 1. The summed E-state index contributed by atoms with van der Waals surface area (Å²) in [5, 5.41) is 18.1. The fourth-order valence-corrected chi connectivity index (χ4v) is 4.62. The number of carbonyl (C=O) groups excluding carboxylic acids is 1. The zero-order valence-electron chi connectivity index (χ0n) is 20.6. The number of thioether (sulfide) groups is 1. The van der Waals surface area contributed by atoms with E-state index >= 15 is 0 Å². The summed E-state index contributed by atoms with van der Waals surface area (Å²) in [7, 11) is 0. The van der Waals surface area contributed by atoms with Gasteiger partial charge in [-0.1, -0.05) is 65.8 Å². The maximum atomic E-state index is 13.0. The van der Waals surface area contributed by atoms with Crippen molar-refractivity contribution in [3.8, 4) is 5.75 Å². The van der Waals surface area contributed by atoms with Crippen molar-refractivity contribution in [3.63, 3.8) is 0 Å². The van der Waals surface area contributed by atoms with Crippen molar-refractivity contribution in [1.29, 1.82) is 0 Å². The maximum Gasteiger partial charge on any atom is 0.317 e. The summed E-state index contributed by atoms with van der Waals surface area (Å²) >= 11 is 1.45. The number of para-hydroxylation sites is 2. The molecule has 33 heavy (non-hydrogen) atoms. The lowest BCUT2D eigenvalue weighted by atomic mass is 9.78. The fourth-order valence-electron chi connectivity index (χ4n) is 3.72. The van der Waals surface area contributed by atoms with Gasteiger partial charge in [-0.05, 0) is 58.3 Å². The highest BCUT2D eigenvalue weighted by molar-refractivity contribution is 7.99. The maximum absolute atomic E-state index is 13.0. The number of nitrogens with zero attached hydrogens (tertiary/aromatic N) is 2. The molecule has 2 N–H and O–H groups in total. The average molecular weight is 467 g/mol. The summed E-state index contributed by atoms with van der Waals surface area (Å²) < 4.78 is 2.16. The Kier molecular flexibility index (Phi) is 7.22. The van der Waals surface area contributed by atoms with Crippen LogP contribution in [0.5, 0.6) is 5.75 Å². The second-order valence-corrected chi connectivity index (χ2v) is 11.2. The van der Waals surface area contributed by atoms with Crippen LogP contribution < -0.4 is 15.1 Å². The number of aryl methyl sites for hydroxylation is 1. The smallest absolute Gasteiger partial charge is 0.317 e. The standard InChI is InChI=1S/C26H34N4O2S/c1-8-30-21-12-10-9-11-20(21)28-24(30)33-16-22(31)29-27-15-17-13-18(25(2,3)4)23(32)19(14-17)26(5,6)7/h9-15H,8,16H2,1-7H3,(H2,27,29,31,32). The molecule has 1 heterocycles. The quantitative estimate of drug-likeness (QED) is 0.245. The van der Waals surface area contributed by atoms with Crippen LogP contribution in [0.3, 0.4) is 0 Å². The summed E-state index contributed by atoms with van der Waals surface area (Å²) in [6.07, 6.45) is 1.61. The fraction of sp³-hybridized carbons (Fsp3) is 0.423. The first-order valence-corrected chi connectivity index (χ1v) is 12.2. The zero-order chi connectivity index (χ0) is 24.4. The normalized spacial score (nSPS) is 12.6. The highest BCUT2D eigenvalue weighted by Gasteiger charge is 2.22. The van der Waals surface area contributed by atoms with Gasteiger partial charge >= 0.3 is 5.16 Å². The van der Waals surface area contributed by atoms with Crippen LogP contribution in [0.1, 0.15) is 65.2 Å². The number of carbonyl (C=O) groups is 1. The predicted octanol–water partition coefficient (Wildman–Crippen LogP) is 4.39. The third-order valence-corrected chi connectivity index (χ3v) is 6.47. The molecular formula is C26H34N4O2S. The summed E-state index contributed by atoms with van der Waals surface area (Å²) in [4.78, 5) is 15.8. The third kappa shape index (κ3) is 5.77. The molecule has 0 saturated carbocycles. The van der Waals surface area contributed by atoms with Gasteiger partial charge in [-0.25, -0.2) is 15.0 Å². The van der Waals surface area contributed by atoms with E-state index in [2.05, 4.69) is 33.1 Å². The Hall–Kier alpha value is -2.80. The summed E-state index contributed by atoms with van der Waals surface area (Å²) in [5.74, 6) is 0.129. The van der Waals surface area contributed by atoms with Crippen molar-refractivity contribution in [3.05, 3.63) is 53.1 Å². The molecule has 0 fully saturated rings. The molecule has 0 unspecified atom stereocenters. The monoisotopic (exact) mass is 466 g/mol. The topological polar surface area (TPSA) is 84.2 Å². The lowest BCUT2D eigenvalue weighted by Gasteiger charge is -2.33. The number of aromatic nitrogens is 2. The van der Waals surface area contributed by atoms with E-state index in [9.17, 15) is 9.90 Å².